The van der Waals surface area contributed by atoms with Crippen LogP contribution in [0.4, 0.5) is 11.9 Å². The molecule has 1 saturated heterocycles. The zero-order valence-electron chi connectivity index (χ0n) is 16.1. The van der Waals surface area contributed by atoms with Crippen LogP contribution in [0, 0.1) is 0 Å². The van der Waals surface area contributed by atoms with E-state index in [2.05, 4.69) is 19.9 Å². The highest BCUT2D eigenvalue weighted by Crippen LogP contribution is 2.23. The van der Waals surface area contributed by atoms with E-state index in [4.69, 9.17) is 5.73 Å². The van der Waals surface area contributed by atoms with Crippen LogP contribution in [0.15, 0.2) is 23.4 Å². The van der Waals surface area contributed by atoms with Gasteiger partial charge in [-0.05, 0) is 13.0 Å². The van der Waals surface area contributed by atoms with Gasteiger partial charge in [0.15, 0.2) is 5.82 Å². The standard InChI is InChI=1S/C16H26N8O2S/c1-12(14-18-15(17)20-16(19-14)21(2)3)23-7-9-24(10-8-23)27(25,26)13-5-6-22(4)11-13/h5-6,11-12H,7-10H2,1-4H3,(H2,17,18,19,20)/t12-/m0/s1. The normalized spacial score (nSPS) is 17.8. The Morgan fingerprint density at radius 3 is 2.37 bits per heavy atom. The van der Waals surface area contributed by atoms with E-state index in [0.717, 1.165) is 0 Å². The topological polar surface area (TPSA) is 113 Å². The Morgan fingerprint density at radius 1 is 1.15 bits per heavy atom. The third kappa shape index (κ3) is 4.04. The average molecular weight is 395 g/mol. The summed E-state index contributed by atoms with van der Waals surface area (Å²) in [5.74, 6) is 1.28. The summed E-state index contributed by atoms with van der Waals surface area (Å²) in [7, 11) is 2.03. The average Bonchev–Trinajstić information content (AvgIpc) is 3.08. The molecule has 11 heteroatoms. The predicted octanol–water partition coefficient (Wildman–Crippen LogP) is -0.0742. The molecule has 2 N–H and O–H groups in total. The van der Waals surface area contributed by atoms with Gasteiger partial charge >= 0.3 is 0 Å². The van der Waals surface area contributed by atoms with E-state index < -0.39 is 10.0 Å². The lowest BCUT2D eigenvalue weighted by Gasteiger charge is -2.36. The van der Waals surface area contributed by atoms with Crippen molar-refractivity contribution in [1.82, 2.24) is 28.7 Å². The van der Waals surface area contributed by atoms with Crippen LogP contribution in [0.3, 0.4) is 0 Å². The third-order valence-electron chi connectivity index (χ3n) is 4.70. The summed E-state index contributed by atoms with van der Waals surface area (Å²) in [5.41, 5.74) is 5.81. The van der Waals surface area contributed by atoms with E-state index >= 15 is 0 Å². The lowest BCUT2D eigenvalue weighted by Crippen LogP contribution is -2.49. The maximum Gasteiger partial charge on any atom is 0.244 e. The fourth-order valence-corrected chi connectivity index (χ4v) is 4.53. The lowest BCUT2D eigenvalue weighted by molar-refractivity contribution is 0.141. The van der Waals surface area contributed by atoms with Gasteiger partial charge in [-0.15, -0.1) is 0 Å². The first-order chi connectivity index (χ1) is 12.7. The molecule has 0 bridgehead atoms. The van der Waals surface area contributed by atoms with Gasteiger partial charge in [0.05, 0.1) is 10.9 Å². The van der Waals surface area contributed by atoms with E-state index in [-0.39, 0.29) is 12.0 Å². The van der Waals surface area contributed by atoms with Crippen molar-refractivity contribution in [2.75, 3.05) is 50.9 Å². The van der Waals surface area contributed by atoms with E-state index in [1.54, 1.807) is 35.0 Å². The number of nitrogen functional groups attached to an aromatic ring is 1. The number of rotatable bonds is 5. The minimum atomic E-state index is -3.46. The number of nitrogens with two attached hydrogens (primary N) is 1. The monoisotopic (exact) mass is 394 g/mol. The molecule has 1 aliphatic rings. The summed E-state index contributed by atoms with van der Waals surface area (Å²) in [6.45, 7) is 4.02. The maximum atomic E-state index is 12.8. The molecule has 3 rings (SSSR count). The Bertz CT molecular complexity index is 903. The zero-order valence-corrected chi connectivity index (χ0v) is 16.9. The van der Waals surface area contributed by atoms with Crippen LogP contribution in [-0.2, 0) is 17.1 Å². The molecule has 0 amide bonds. The van der Waals surface area contributed by atoms with Crippen LogP contribution in [0.2, 0.25) is 0 Å². The second-order valence-electron chi connectivity index (χ2n) is 6.87. The van der Waals surface area contributed by atoms with Crippen LogP contribution in [0.1, 0.15) is 18.8 Å². The van der Waals surface area contributed by atoms with Gasteiger partial charge in [0.2, 0.25) is 21.9 Å². The summed E-state index contributed by atoms with van der Waals surface area (Å²) in [4.78, 5) is 17.1. The first-order valence-corrected chi connectivity index (χ1v) is 10.2. The van der Waals surface area contributed by atoms with Gasteiger partial charge in [-0.1, -0.05) is 0 Å². The van der Waals surface area contributed by atoms with E-state index in [0.29, 0.717) is 42.8 Å². The molecule has 0 aromatic carbocycles. The molecule has 0 unspecified atom stereocenters. The minimum Gasteiger partial charge on any atom is -0.368 e. The van der Waals surface area contributed by atoms with Gasteiger partial charge in [0.25, 0.3) is 0 Å². The highest BCUT2D eigenvalue weighted by Gasteiger charge is 2.31. The molecule has 0 radical (unpaired) electrons. The van der Waals surface area contributed by atoms with Crippen LogP contribution >= 0.6 is 0 Å². The summed E-state index contributed by atoms with van der Waals surface area (Å²) < 4.78 is 28.8. The van der Waals surface area contributed by atoms with Gasteiger partial charge in [0.1, 0.15) is 0 Å². The highest BCUT2D eigenvalue weighted by atomic mass is 32.2. The SMILES string of the molecule is C[C@@H](c1nc(N)nc(N(C)C)n1)N1CCN(S(=O)(=O)c2ccn(C)c2)CC1. The number of hydrogen-bond donors (Lipinski definition) is 1. The van der Waals surface area contributed by atoms with Gasteiger partial charge in [-0.3, -0.25) is 4.90 Å². The van der Waals surface area contributed by atoms with E-state index in [9.17, 15) is 8.42 Å². The predicted molar refractivity (Wildman–Crippen MR) is 103 cm³/mol. The number of anilines is 2. The molecule has 27 heavy (non-hydrogen) atoms. The fourth-order valence-electron chi connectivity index (χ4n) is 3.06. The van der Waals surface area contributed by atoms with Crippen LogP contribution < -0.4 is 10.6 Å². The molecule has 2 aromatic heterocycles. The van der Waals surface area contributed by atoms with Crippen molar-refractivity contribution in [3.05, 3.63) is 24.3 Å². The number of nitrogens with zero attached hydrogens (tertiary/aromatic N) is 7. The largest absolute Gasteiger partial charge is 0.368 e. The lowest BCUT2D eigenvalue weighted by atomic mass is 10.2. The van der Waals surface area contributed by atoms with E-state index in [1.807, 2.05) is 21.0 Å². The number of hydrogen-bond acceptors (Lipinski definition) is 8. The van der Waals surface area contributed by atoms with Crippen molar-refractivity contribution in [1.29, 1.82) is 0 Å². The Hall–Kier alpha value is -2.24. The third-order valence-corrected chi connectivity index (χ3v) is 6.58. The molecule has 10 nitrogen and oxygen atoms in total. The van der Waals surface area contributed by atoms with Gasteiger partial charge in [-0.2, -0.15) is 19.3 Å². The molecule has 0 spiro atoms. The van der Waals surface area contributed by atoms with Crippen LogP contribution in [-0.4, -0.2) is 77.4 Å². The van der Waals surface area contributed by atoms with Crippen molar-refractivity contribution < 1.29 is 8.42 Å². The van der Waals surface area contributed by atoms with Crippen LogP contribution in [0.25, 0.3) is 0 Å². The summed E-state index contributed by atoms with van der Waals surface area (Å²) in [6, 6.07) is 1.54. The fraction of sp³-hybridized carbons (Fsp3) is 0.562. The zero-order chi connectivity index (χ0) is 19.8. The molecule has 1 atom stereocenters. The Morgan fingerprint density at radius 2 is 1.81 bits per heavy atom. The molecular weight excluding hydrogens is 368 g/mol. The molecule has 0 aliphatic carbocycles. The van der Waals surface area contributed by atoms with Crippen molar-refractivity contribution in [3.8, 4) is 0 Å². The minimum absolute atomic E-state index is 0.0874. The van der Waals surface area contributed by atoms with Gasteiger partial charge in [-0.25, -0.2) is 8.42 Å². The Kier molecular flexibility index (Phi) is 5.36. The quantitative estimate of drug-likeness (QED) is 0.749. The van der Waals surface area contributed by atoms with E-state index in [1.165, 1.54) is 4.31 Å². The Labute approximate surface area is 159 Å². The van der Waals surface area contributed by atoms with Crippen molar-refractivity contribution >= 4 is 21.9 Å². The first-order valence-electron chi connectivity index (χ1n) is 8.73. The first kappa shape index (κ1) is 19.5. The molecule has 1 aliphatic heterocycles. The molecule has 3 heterocycles. The smallest absolute Gasteiger partial charge is 0.244 e. The summed E-state index contributed by atoms with van der Waals surface area (Å²) in [6.07, 6.45) is 3.36. The van der Waals surface area contributed by atoms with Crippen molar-refractivity contribution in [3.63, 3.8) is 0 Å². The van der Waals surface area contributed by atoms with Crippen LogP contribution in [0.5, 0.6) is 0 Å². The van der Waals surface area contributed by atoms with Crippen molar-refractivity contribution in [2.45, 2.75) is 17.9 Å². The Balaban J connectivity index is 1.70. The molecule has 0 saturated carbocycles. The second kappa shape index (κ2) is 7.41. The summed E-state index contributed by atoms with van der Waals surface area (Å²) in [5, 5.41) is 0. The molecular formula is C16H26N8O2S. The second-order valence-corrected chi connectivity index (χ2v) is 8.81. The van der Waals surface area contributed by atoms with Gasteiger partial charge < -0.3 is 15.2 Å². The molecule has 2 aromatic rings. The number of aryl methyl sites for hydroxylation is 1. The number of piperazine rings is 1. The summed E-state index contributed by atoms with van der Waals surface area (Å²) >= 11 is 0. The number of sulfonamides is 1. The van der Waals surface area contributed by atoms with Crippen molar-refractivity contribution in [2.24, 2.45) is 7.05 Å². The molecule has 148 valence electrons. The highest BCUT2D eigenvalue weighted by molar-refractivity contribution is 7.89. The maximum absolute atomic E-state index is 12.8. The molecule has 1 fully saturated rings. The number of aromatic nitrogens is 4. The van der Waals surface area contributed by atoms with Gasteiger partial charge in [0, 0.05) is 59.7 Å².